The van der Waals surface area contributed by atoms with Crippen molar-refractivity contribution in [2.24, 2.45) is 0 Å². The third-order valence-corrected chi connectivity index (χ3v) is 5.48. The maximum atomic E-state index is 12.5. The van der Waals surface area contributed by atoms with E-state index in [0.29, 0.717) is 34.1 Å². The van der Waals surface area contributed by atoms with Crippen LogP contribution in [0.2, 0.25) is 5.02 Å². The highest BCUT2D eigenvalue weighted by Gasteiger charge is 2.22. The number of halogens is 1. The van der Waals surface area contributed by atoms with E-state index in [1.807, 2.05) is 12.1 Å². The lowest BCUT2D eigenvalue weighted by molar-refractivity contribution is -0.118. The molecule has 0 radical (unpaired) electrons. The topological polar surface area (TPSA) is 75.7 Å². The molecule has 0 atom stereocenters. The van der Waals surface area contributed by atoms with Crippen LogP contribution in [0.1, 0.15) is 28.4 Å². The first-order valence-electron chi connectivity index (χ1n) is 10.1. The fraction of sp³-hybridized carbons (Fsp3) is 0.160. The van der Waals surface area contributed by atoms with E-state index in [-0.39, 0.29) is 24.2 Å². The number of ketones is 1. The lowest BCUT2D eigenvalue weighted by atomic mass is 10.0. The molecule has 162 valence electrons. The molecular formula is C25H21ClN2O4. The van der Waals surface area contributed by atoms with Gasteiger partial charge in [0.25, 0.3) is 5.91 Å². The molecule has 1 aliphatic rings. The smallest absolute Gasteiger partial charge is 0.262 e. The number of ether oxygens (including phenoxy) is 1. The molecule has 0 spiro atoms. The van der Waals surface area contributed by atoms with Gasteiger partial charge in [0.15, 0.2) is 12.4 Å². The maximum absolute atomic E-state index is 12.5. The van der Waals surface area contributed by atoms with Gasteiger partial charge in [0.1, 0.15) is 5.75 Å². The van der Waals surface area contributed by atoms with Crippen molar-refractivity contribution in [3.8, 4) is 5.75 Å². The van der Waals surface area contributed by atoms with Crippen LogP contribution in [0.4, 0.5) is 11.4 Å². The molecule has 1 N–H and O–H groups in total. The van der Waals surface area contributed by atoms with Gasteiger partial charge in [-0.1, -0.05) is 11.6 Å². The Hall–Kier alpha value is -3.64. The zero-order valence-electron chi connectivity index (χ0n) is 17.4. The predicted molar refractivity (Wildman–Crippen MR) is 124 cm³/mol. The Bertz CT molecular complexity index is 1170. The van der Waals surface area contributed by atoms with E-state index in [1.54, 1.807) is 66.4 Å². The highest BCUT2D eigenvalue weighted by molar-refractivity contribution is 6.30. The van der Waals surface area contributed by atoms with Gasteiger partial charge in [-0.15, -0.1) is 0 Å². The summed E-state index contributed by atoms with van der Waals surface area (Å²) in [4.78, 5) is 38.2. The molecule has 1 aliphatic heterocycles. The number of fused-ring (bicyclic) bond motifs is 1. The summed E-state index contributed by atoms with van der Waals surface area (Å²) in [6.07, 6.45) is 0.760. The van der Waals surface area contributed by atoms with Crippen molar-refractivity contribution in [1.29, 1.82) is 0 Å². The van der Waals surface area contributed by atoms with Crippen LogP contribution in [-0.4, -0.2) is 30.7 Å². The molecule has 32 heavy (non-hydrogen) atoms. The molecule has 0 bridgehead atoms. The zero-order chi connectivity index (χ0) is 22.7. The van der Waals surface area contributed by atoms with E-state index >= 15 is 0 Å². The molecule has 0 fully saturated rings. The third-order valence-electron chi connectivity index (χ3n) is 5.23. The van der Waals surface area contributed by atoms with E-state index < -0.39 is 0 Å². The first-order valence-corrected chi connectivity index (χ1v) is 10.5. The molecule has 0 aromatic heterocycles. The number of carbonyl (C=O) groups excluding carboxylic acids is 3. The SMILES string of the molecule is CC(=O)N1CCc2cc(NC(=O)COc3ccc(C(=O)c4ccc(Cl)cc4)cc3)ccc21. The number of hydrogen-bond acceptors (Lipinski definition) is 4. The normalized spacial score (nSPS) is 12.2. The molecule has 0 saturated carbocycles. The maximum Gasteiger partial charge on any atom is 0.262 e. The van der Waals surface area contributed by atoms with Crippen molar-refractivity contribution >= 4 is 40.6 Å². The van der Waals surface area contributed by atoms with E-state index in [2.05, 4.69) is 5.32 Å². The average molecular weight is 449 g/mol. The molecule has 2 amide bonds. The van der Waals surface area contributed by atoms with Crippen LogP contribution < -0.4 is 15.0 Å². The lowest BCUT2D eigenvalue weighted by Gasteiger charge is -2.15. The molecule has 0 aliphatic carbocycles. The van der Waals surface area contributed by atoms with Crippen LogP contribution in [0, 0.1) is 0 Å². The number of hydrogen-bond donors (Lipinski definition) is 1. The van der Waals surface area contributed by atoms with Crippen LogP contribution in [-0.2, 0) is 16.0 Å². The number of nitrogens with one attached hydrogen (secondary N) is 1. The summed E-state index contributed by atoms with van der Waals surface area (Å²) >= 11 is 5.86. The summed E-state index contributed by atoms with van der Waals surface area (Å²) in [5, 5.41) is 3.38. The zero-order valence-corrected chi connectivity index (χ0v) is 18.2. The van der Waals surface area contributed by atoms with Gasteiger partial charge in [0.05, 0.1) is 0 Å². The predicted octanol–water partition coefficient (Wildman–Crippen LogP) is 4.50. The number of nitrogens with zero attached hydrogens (tertiary/aromatic N) is 1. The Morgan fingerprint density at radius 1 is 0.969 bits per heavy atom. The van der Waals surface area contributed by atoms with Gasteiger partial charge in [0.2, 0.25) is 5.91 Å². The number of carbonyl (C=O) groups is 3. The summed E-state index contributed by atoms with van der Waals surface area (Å²) in [6, 6.07) is 18.8. The van der Waals surface area contributed by atoms with Crippen LogP contribution >= 0.6 is 11.6 Å². The highest BCUT2D eigenvalue weighted by Crippen LogP contribution is 2.30. The van der Waals surface area contributed by atoms with Gasteiger partial charge in [-0.25, -0.2) is 0 Å². The fourth-order valence-corrected chi connectivity index (χ4v) is 3.75. The molecule has 0 unspecified atom stereocenters. The third kappa shape index (κ3) is 4.81. The highest BCUT2D eigenvalue weighted by atomic mass is 35.5. The first-order chi connectivity index (χ1) is 15.4. The largest absolute Gasteiger partial charge is 0.484 e. The van der Waals surface area contributed by atoms with Gasteiger partial charge in [-0.2, -0.15) is 0 Å². The molecule has 4 rings (SSSR count). The molecule has 3 aromatic rings. The molecule has 3 aromatic carbocycles. The van der Waals surface area contributed by atoms with Gasteiger partial charge in [-0.05, 0) is 78.7 Å². The van der Waals surface area contributed by atoms with Crippen LogP contribution in [0.3, 0.4) is 0 Å². The van der Waals surface area contributed by atoms with Crippen LogP contribution in [0.5, 0.6) is 5.75 Å². The Kier molecular flexibility index (Phi) is 6.23. The van der Waals surface area contributed by atoms with Crippen molar-refractivity contribution in [3.05, 3.63) is 88.4 Å². The van der Waals surface area contributed by atoms with Gasteiger partial charge in [-0.3, -0.25) is 14.4 Å². The fourth-order valence-electron chi connectivity index (χ4n) is 3.62. The van der Waals surface area contributed by atoms with Crippen molar-refractivity contribution in [3.63, 3.8) is 0 Å². The van der Waals surface area contributed by atoms with Gasteiger partial charge < -0.3 is 15.0 Å². The second-order valence-corrected chi connectivity index (χ2v) is 7.90. The minimum atomic E-state index is -0.298. The Balaban J connectivity index is 1.32. The lowest BCUT2D eigenvalue weighted by Crippen LogP contribution is -2.25. The Morgan fingerprint density at radius 2 is 1.62 bits per heavy atom. The van der Waals surface area contributed by atoms with Gasteiger partial charge in [0, 0.05) is 41.0 Å². The van der Waals surface area contributed by atoms with Crippen molar-refractivity contribution in [1.82, 2.24) is 0 Å². The quantitative estimate of drug-likeness (QED) is 0.563. The summed E-state index contributed by atoms with van der Waals surface area (Å²) in [6.45, 7) is 2.03. The second-order valence-electron chi connectivity index (χ2n) is 7.46. The second kappa shape index (κ2) is 9.24. The number of benzene rings is 3. The summed E-state index contributed by atoms with van der Waals surface area (Å²) in [7, 11) is 0. The monoisotopic (exact) mass is 448 g/mol. The summed E-state index contributed by atoms with van der Waals surface area (Å²) < 4.78 is 5.54. The van der Waals surface area contributed by atoms with Crippen molar-refractivity contribution in [2.45, 2.75) is 13.3 Å². The Morgan fingerprint density at radius 3 is 2.28 bits per heavy atom. The molecule has 1 heterocycles. The molecule has 7 heteroatoms. The van der Waals surface area contributed by atoms with E-state index in [4.69, 9.17) is 16.3 Å². The Labute approximate surface area is 190 Å². The van der Waals surface area contributed by atoms with Crippen molar-refractivity contribution < 1.29 is 19.1 Å². The van der Waals surface area contributed by atoms with E-state index in [1.165, 1.54) is 0 Å². The van der Waals surface area contributed by atoms with Gasteiger partial charge >= 0.3 is 0 Å². The minimum Gasteiger partial charge on any atom is -0.484 e. The average Bonchev–Trinajstić information content (AvgIpc) is 3.22. The first kappa shape index (κ1) is 21.6. The summed E-state index contributed by atoms with van der Waals surface area (Å²) in [5.41, 5.74) is 3.64. The molecule has 0 saturated heterocycles. The number of amides is 2. The van der Waals surface area contributed by atoms with E-state index in [0.717, 1.165) is 17.7 Å². The van der Waals surface area contributed by atoms with Crippen LogP contribution in [0.15, 0.2) is 66.7 Å². The van der Waals surface area contributed by atoms with Crippen LogP contribution in [0.25, 0.3) is 0 Å². The molecule has 6 nitrogen and oxygen atoms in total. The standard InChI is InChI=1S/C25H21ClN2O4/c1-16(29)28-13-12-19-14-21(8-11-23(19)28)27-24(30)15-32-22-9-4-18(5-10-22)25(31)17-2-6-20(26)7-3-17/h2-11,14H,12-13,15H2,1H3,(H,27,30). The van der Waals surface area contributed by atoms with Crippen molar-refractivity contribution in [2.75, 3.05) is 23.4 Å². The summed E-state index contributed by atoms with van der Waals surface area (Å²) in [5.74, 6) is 0.0762. The minimum absolute atomic E-state index is 0.00909. The number of anilines is 2. The number of rotatable bonds is 6. The molecular weight excluding hydrogens is 428 g/mol. The van der Waals surface area contributed by atoms with E-state index in [9.17, 15) is 14.4 Å².